The van der Waals surface area contributed by atoms with Gasteiger partial charge in [-0.2, -0.15) is 0 Å². The van der Waals surface area contributed by atoms with Gasteiger partial charge in [-0.15, -0.1) is 0 Å². The fourth-order valence-electron chi connectivity index (χ4n) is 11.7. The standard InChI is InChI=1S/C61H66FN9O8S/c1-37-40(41-17-19-52(64-54(41)59(77)79-61(2,3)4)70-27-23-39-11-9-13-42(45(39)36-70)55(73)66-60-63-47-14-5-6-16-51(47)80-60)12-10-15-50(37)78-32-8-7-24-67-25-21-38(22-26-67)35-68-28-30-69(31-29-68)49-34-44-43(33-46(49)62)57(75)71(58(44)76)48-18-20-53(72)65-56(48)74/h5-6,9-17,19,33-34,38,48H,7-8,18,20-32,35-36H2,1-4H3,(H,63,66,73)(H,65,72,74). The van der Waals surface area contributed by atoms with Crippen LogP contribution in [0.3, 0.4) is 0 Å². The van der Waals surface area contributed by atoms with Crippen LogP contribution < -0.4 is 25.2 Å². The minimum atomic E-state index is -1.10. The maximum Gasteiger partial charge on any atom is 0.358 e. The number of likely N-dealkylation sites (tertiary alicyclic amines) is 1. The van der Waals surface area contributed by atoms with Gasteiger partial charge in [0.1, 0.15) is 29.0 Å². The Labute approximate surface area is 468 Å². The van der Waals surface area contributed by atoms with Crippen molar-refractivity contribution in [1.82, 2.24) is 30.0 Å². The Morgan fingerprint density at radius 2 is 1.54 bits per heavy atom. The Hall–Kier alpha value is -7.61. The number of aromatic nitrogens is 2. The van der Waals surface area contributed by atoms with Gasteiger partial charge in [0.25, 0.3) is 17.7 Å². The van der Waals surface area contributed by atoms with Crippen LogP contribution in [0.2, 0.25) is 0 Å². The molecule has 5 aliphatic heterocycles. The summed E-state index contributed by atoms with van der Waals surface area (Å²) in [5, 5.41) is 5.76. The number of benzene rings is 4. The smallest absolute Gasteiger partial charge is 0.358 e. The number of carbonyl (C=O) groups is 6. The lowest BCUT2D eigenvalue weighted by Crippen LogP contribution is -2.54. The number of piperazine rings is 1. The first kappa shape index (κ1) is 54.4. The fourth-order valence-corrected chi connectivity index (χ4v) is 12.6. The minimum absolute atomic E-state index is 0.0152. The average Bonchev–Trinajstić information content (AvgIpc) is 3.96. The van der Waals surface area contributed by atoms with E-state index in [2.05, 4.69) is 36.4 Å². The molecule has 1 atom stereocenters. The first-order chi connectivity index (χ1) is 38.5. The highest BCUT2D eigenvalue weighted by atomic mass is 32.1. The summed E-state index contributed by atoms with van der Waals surface area (Å²) < 4.78 is 29.0. The number of nitrogens with one attached hydrogen (secondary N) is 2. The van der Waals surface area contributed by atoms with Gasteiger partial charge in [0, 0.05) is 63.4 Å². The van der Waals surface area contributed by atoms with Crippen molar-refractivity contribution in [2.24, 2.45) is 5.92 Å². The van der Waals surface area contributed by atoms with Crippen molar-refractivity contribution in [2.75, 3.05) is 80.6 Å². The number of unbranched alkanes of at least 4 members (excludes halogenated alkanes) is 1. The second-order valence-electron chi connectivity index (χ2n) is 22.5. The Morgan fingerprint density at radius 1 is 0.775 bits per heavy atom. The average molecular weight is 1100 g/mol. The van der Waals surface area contributed by atoms with E-state index in [0.29, 0.717) is 67.2 Å². The molecule has 0 aliphatic carbocycles. The molecule has 6 aromatic rings. The number of nitrogens with zero attached hydrogens (tertiary/aromatic N) is 7. The number of amides is 5. The van der Waals surface area contributed by atoms with Crippen LogP contribution in [-0.2, 0) is 27.3 Å². The van der Waals surface area contributed by atoms with Crippen LogP contribution >= 0.6 is 11.3 Å². The number of rotatable bonds is 15. The molecule has 0 radical (unpaired) electrons. The summed E-state index contributed by atoms with van der Waals surface area (Å²) in [5.41, 5.74) is 5.55. The molecule has 2 aromatic heterocycles. The number of para-hydroxylation sites is 1. The summed E-state index contributed by atoms with van der Waals surface area (Å²) in [5.74, 6) is -1.92. The summed E-state index contributed by atoms with van der Waals surface area (Å²) in [7, 11) is 0. The van der Waals surface area contributed by atoms with Crippen LogP contribution in [0.1, 0.15) is 118 Å². The number of halogens is 1. The Bertz CT molecular complexity index is 3380. The Balaban J connectivity index is 0.655. The molecule has 416 valence electrons. The highest BCUT2D eigenvalue weighted by molar-refractivity contribution is 7.22. The van der Waals surface area contributed by atoms with E-state index in [0.717, 1.165) is 114 Å². The predicted molar refractivity (Wildman–Crippen MR) is 304 cm³/mol. The number of piperidine rings is 2. The molecular formula is C61H66FN9O8S. The summed E-state index contributed by atoms with van der Waals surface area (Å²) in [6, 6.07) is 24.8. The third kappa shape index (κ3) is 11.5. The lowest BCUT2D eigenvalue weighted by molar-refractivity contribution is -0.136. The normalized spacial score (nSPS) is 18.4. The van der Waals surface area contributed by atoms with Crippen LogP contribution in [0, 0.1) is 18.7 Å². The highest BCUT2D eigenvalue weighted by Crippen LogP contribution is 2.37. The molecule has 0 bridgehead atoms. The van der Waals surface area contributed by atoms with Gasteiger partial charge in [0.15, 0.2) is 10.8 Å². The number of hydrogen-bond donors (Lipinski definition) is 2. The third-order valence-electron chi connectivity index (χ3n) is 16.0. The molecule has 1 unspecified atom stereocenters. The number of ether oxygens (including phenoxy) is 2. The molecule has 17 nitrogen and oxygen atoms in total. The molecule has 4 aromatic carbocycles. The summed E-state index contributed by atoms with van der Waals surface area (Å²) in [6.07, 6.45) is 4.82. The van der Waals surface area contributed by atoms with Crippen molar-refractivity contribution in [3.63, 3.8) is 0 Å². The van der Waals surface area contributed by atoms with Crippen LogP contribution in [0.4, 0.5) is 21.0 Å². The SMILES string of the molecule is Cc1c(OCCCCN2CCC(CN3CCN(c4cc5c(cc4F)C(=O)N(C4CCC(=O)NC4=O)C5=O)CC3)CC2)cccc1-c1ccc(N2CCc3cccc(C(=O)Nc4nc5ccccc5s4)c3C2)nc1C(=O)OC(C)(C)C. The van der Waals surface area contributed by atoms with E-state index in [4.69, 9.17) is 14.5 Å². The zero-order chi connectivity index (χ0) is 55.8. The number of imide groups is 2. The fraction of sp³-hybridized carbons (Fsp3) is 0.410. The van der Waals surface area contributed by atoms with Crippen LogP contribution in [-0.4, -0.2) is 137 Å². The molecule has 5 aliphatic rings. The first-order valence-corrected chi connectivity index (χ1v) is 28.6. The second kappa shape index (κ2) is 22.9. The zero-order valence-corrected chi connectivity index (χ0v) is 46.5. The molecule has 80 heavy (non-hydrogen) atoms. The minimum Gasteiger partial charge on any atom is -0.493 e. The van der Waals surface area contributed by atoms with Gasteiger partial charge < -0.3 is 24.2 Å². The molecule has 5 amide bonds. The van der Waals surface area contributed by atoms with Crippen molar-refractivity contribution in [2.45, 2.75) is 90.8 Å². The lowest BCUT2D eigenvalue weighted by Gasteiger charge is -2.39. The summed E-state index contributed by atoms with van der Waals surface area (Å²) in [6.45, 7) is 15.8. The first-order valence-electron chi connectivity index (χ1n) is 27.8. The van der Waals surface area contributed by atoms with Crippen molar-refractivity contribution in [1.29, 1.82) is 0 Å². The van der Waals surface area contributed by atoms with Crippen molar-refractivity contribution in [3.8, 4) is 16.9 Å². The van der Waals surface area contributed by atoms with Crippen LogP contribution in [0.15, 0.2) is 84.9 Å². The van der Waals surface area contributed by atoms with E-state index in [-0.39, 0.29) is 41.3 Å². The van der Waals surface area contributed by atoms with E-state index in [1.165, 1.54) is 17.4 Å². The summed E-state index contributed by atoms with van der Waals surface area (Å²) in [4.78, 5) is 98.2. The molecule has 2 N–H and O–H groups in total. The topological polar surface area (TPSA) is 187 Å². The van der Waals surface area contributed by atoms with Gasteiger partial charge >= 0.3 is 5.97 Å². The zero-order valence-electron chi connectivity index (χ0n) is 45.6. The number of esters is 1. The van der Waals surface area contributed by atoms with Crippen molar-refractivity contribution >= 4 is 73.7 Å². The van der Waals surface area contributed by atoms with Gasteiger partial charge in [0.05, 0.1) is 33.6 Å². The van der Waals surface area contributed by atoms with Gasteiger partial charge in [-0.05, 0) is 163 Å². The molecule has 7 heterocycles. The maximum atomic E-state index is 15.6. The highest BCUT2D eigenvalue weighted by Gasteiger charge is 2.45. The van der Waals surface area contributed by atoms with E-state index < -0.39 is 47.1 Å². The summed E-state index contributed by atoms with van der Waals surface area (Å²) >= 11 is 1.44. The van der Waals surface area contributed by atoms with E-state index >= 15 is 4.39 Å². The maximum absolute atomic E-state index is 15.6. The van der Waals surface area contributed by atoms with E-state index in [1.54, 1.807) is 0 Å². The quantitative estimate of drug-likeness (QED) is 0.0565. The van der Waals surface area contributed by atoms with E-state index in [9.17, 15) is 28.8 Å². The Kier molecular flexibility index (Phi) is 15.5. The number of carbonyl (C=O) groups excluding carboxylic acids is 6. The van der Waals surface area contributed by atoms with Crippen LogP contribution in [0.25, 0.3) is 21.3 Å². The number of anilines is 3. The van der Waals surface area contributed by atoms with Gasteiger partial charge in [-0.3, -0.25) is 44.4 Å². The van der Waals surface area contributed by atoms with Crippen molar-refractivity contribution < 1.29 is 42.6 Å². The molecule has 0 spiro atoms. The van der Waals surface area contributed by atoms with Gasteiger partial charge in [-0.1, -0.05) is 47.7 Å². The Morgan fingerprint density at radius 3 is 2.30 bits per heavy atom. The third-order valence-corrected chi connectivity index (χ3v) is 16.9. The number of fused-ring (bicyclic) bond motifs is 3. The number of hydrogen-bond acceptors (Lipinski definition) is 15. The van der Waals surface area contributed by atoms with Gasteiger partial charge in [-0.25, -0.2) is 19.2 Å². The van der Waals surface area contributed by atoms with Crippen LogP contribution in [0.5, 0.6) is 5.75 Å². The largest absolute Gasteiger partial charge is 0.493 e. The lowest BCUT2D eigenvalue weighted by atomic mass is 9.94. The molecule has 19 heteroatoms. The number of thiazole rings is 1. The molecule has 3 fully saturated rings. The number of pyridine rings is 1. The van der Waals surface area contributed by atoms with Crippen molar-refractivity contribution in [3.05, 3.63) is 130 Å². The monoisotopic (exact) mass is 1100 g/mol. The molecule has 3 saturated heterocycles. The molecule has 0 saturated carbocycles. The molecule has 11 rings (SSSR count). The van der Waals surface area contributed by atoms with E-state index in [1.807, 2.05) is 99.3 Å². The second-order valence-corrected chi connectivity index (χ2v) is 23.5. The molecular weight excluding hydrogens is 1040 g/mol. The predicted octanol–water partition coefficient (Wildman–Crippen LogP) is 8.67. The van der Waals surface area contributed by atoms with Gasteiger partial charge in [0.2, 0.25) is 11.8 Å².